The van der Waals surface area contributed by atoms with Gasteiger partial charge in [0.1, 0.15) is 0 Å². The summed E-state index contributed by atoms with van der Waals surface area (Å²) in [5, 5.41) is 4.11. The van der Waals surface area contributed by atoms with Crippen LogP contribution >= 0.6 is 11.3 Å². The molecule has 1 aromatic carbocycles. The number of ether oxygens (including phenoxy) is 1. The average Bonchev–Trinajstić information content (AvgIpc) is 3.39. The Hall–Kier alpha value is -1.69. The second-order valence-corrected chi connectivity index (χ2v) is 8.05. The number of anilines is 2. The Morgan fingerprint density at radius 1 is 1.16 bits per heavy atom. The molecule has 3 aliphatic heterocycles. The number of hydrogen-bond donors (Lipinski definition) is 0. The molecule has 0 bridgehead atoms. The van der Waals surface area contributed by atoms with E-state index in [0.29, 0.717) is 6.04 Å². The van der Waals surface area contributed by atoms with E-state index < -0.39 is 0 Å². The van der Waals surface area contributed by atoms with Gasteiger partial charge in [0.15, 0.2) is 0 Å². The average molecular weight is 354 g/mol. The lowest BCUT2D eigenvalue weighted by molar-refractivity contribution is -0.124. The zero-order chi connectivity index (χ0) is 16.9. The monoisotopic (exact) mass is 354 g/mol. The standard InChI is InChI=1S/C20H22N2O2S/c23-19-20(7-9-21(10-8-20)15-5-11-24-13-15)17-3-1-2-4-18(17)22(19)16-6-12-25-14-16/h1-4,6,12,14-15H,5,7-11,13H2. The Morgan fingerprint density at radius 3 is 2.72 bits per heavy atom. The molecule has 1 unspecified atom stereocenters. The van der Waals surface area contributed by atoms with Crippen LogP contribution in [0, 0.1) is 0 Å². The summed E-state index contributed by atoms with van der Waals surface area (Å²) in [5.74, 6) is 0.259. The molecule has 0 radical (unpaired) electrons. The van der Waals surface area contributed by atoms with Crippen molar-refractivity contribution >= 4 is 28.6 Å². The third-order valence-electron chi connectivity index (χ3n) is 6.11. The molecule has 1 atom stereocenters. The van der Waals surface area contributed by atoms with E-state index in [9.17, 15) is 4.79 Å². The molecular formula is C20H22N2O2S. The molecule has 1 aromatic heterocycles. The Morgan fingerprint density at radius 2 is 2.00 bits per heavy atom. The highest BCUT2D eigenvalue weighted by Gasteiger charge is 2.52. The minimum absolute atomic E-state index is 0.259. The maximum Gasteiger partial charge on any atom is 0.242 e. The molecule has 25 heavy (non-hydrogen) atoms. The minimum atomic E-state index is -0.353. The lowest BCUT2D eigenvalue weighted by atomic mass is 9.73. The van der Waals surface area contributed by atoms with Crippen LogP contribution in [0.15, 0.2) is 41.1 Å². The second-order valence-electron chi connectivity index (χ2n) is 7.27. The maximum atomic E-state index is 13.6. The summed E-state index contributed by atoms with van der Waals surface area (Å²) in [6, 6.07) is 10.9. The fourth-order valence-electron chi connectivity index (χ4n) is 4.72. The van der Waals surface area contributed by atoms with Crippen LogP contribution in [0.2, 0.25) is 0 Å². The molecule has 4 nitrogen and oxygen atoms in total. The third-order valence-corrected chi connectivity index (χ3v) is 6.78. The topological polar surface area (TPSA) is 32.8 Å². The summed E-state index contributed by atoms with van der Waals surface area (Å²) in [4.78, 5) is 18.0. The summed E-state index contributed by atoms with van der Waals surface area (Å²) >= 11 is 1.64. The molecular weight excluding hydrogens is 332 g/mol. The van der Waals surface area contributed by atoms with Gasteiger partial charge < -0.3 is 4.74 Å². The molecule has 2 aromatic rings. The number of likely N-dealkylation sites (tertiary alicyclic amines) is 1. The second kappa shape index (κ2) is 5.94. The first-order valence-corrected chi connectivity index (χ1v) is 10.0. The fraction of sp³-hybridized carbons (Fsp3) is 0.450. The van der Waals surface area contributed by atoms with Crippen molar-refractivity contribution < 1.29 is 9.53 Å². The Bertz CT molecular complexity index is 775. The molecule has 0 N–H and O–H groups in total. The number of benzene rings is 1. The maximum absolute atomic E-state index is 13.6. The lowest BCUT2D eigenvalue weighted by Gasteiger charge is -2.40. The largest absolute Gasteiger partial charge is 0.380 e. The van der Waals surface area contributed by atoms with Gasteiger partial charge in [-0.05, 0) is 55.4 Å². The normalized spacial score (nSPS) is 25.7. The Kier molecular flexibility index (Phi) is 3.69. The van der Waals surface area contributed by atoms with Gasteiger partial charge >= 0.3 is 0 Å². The number of nitrogens with zero attached hydrogens (tertiary/aromatic N) is 2. The van der Waals surface area contributed by atoms with Crippen molar-refractivity contribution in [3.05, 3.63) is 46.7 Å². The number of carbonyl (C=O) groups is 1. The van der Waals surface area contributed by atoms with E-state index >= 15 is 0 Å². The number of fused-ring (bicyclic) bond motifs is 2. The molecule has 3 aliphatic rings. The van der Waals surface area contributed by atoms with Crippen LogP contribution < -0.4 is 4.90 Å². The SMILES string of the molecule is O=C1N(c2ccsc2)c2ccccc2C12CCN(C1CCOC1)CC2. The van der Waals surface area contributed by atoms with Crippen molar-refractivity contribution in [1.82, 2.24) is 4.90 Å². The first kappa shape index (κ1) is 15.6. The number of piperidine rings is 1. The molecule has 2 saturated heterocycles. The summed E-state index contributed by atoms with van der Waals surface area (Å²) in [6.07, 6.45) is 2.93. The van der Waals surface area contributed by atoms with Crippen molar-refractivity contribution in [2.24, 2.45) is 0 Å². The molecule has 5 heteroatoms. The van der Waals surface area contributed by atoms with E-state index in [1.807, 2.05) is 22.4 Å². The molecule has 2 fully saturated rings. The number of hydrogen-bond acceptors (Lipinski definition) is 4. The number of amides is 1. The molecule has 0 aliphatic carbocycles. The van der Waals surface area contributed by atoms with Gasteiger partial charge in [-0.3, -0.25) is 14.6 Å². The lowest BCUT2D eigenvalue weighted by Crippen LogP contribution is -2.50. The van der Waals surface area contributed by atoms with Gasteiger partial charge in [-0.2, -0.15) is 11.3 Å². The number of rotatable bonds is 2. The summed E-state index contributed by atoms with van der Waals surface area (Å²) in [7, 11) is 0. The molecule has 130 valence electrons. The van der Waals surface area contributed by atoms with Gasteiger partial charge in [-0.15, -0.1) is 0 Å². The minimum Gasteiger partial charge on any atom is -0.380 e. The summed E-state index contributed by atoms with van der Waals surface area (Å²) in [6.45, 7) is 3.68. The Labute approximate surface area is 152 Å². The van der Waals surface area contributed by atoms with E-state index in [1.165, 1.54) is 5.56 Å². The van der Waals surface area contributed by atoms with E-state index in [0.717, 1.165) is 56.9 Å². The quantitative estimate of drug-likeness (QED) is 0.827. The molecule has 1 amide bonds. The predicted molar refractivity (Wildman–Crippen MR) is 99.6 cm³/mol. The van der Waals surface area contributed by atoms with Gasteiger partial charge in [0, 0.05) is 18.0 Å². The summed E-state index contributed by atoms with van der Waals surface area (Å²) < 4.78 is 5.56. The van der Waals surface area contributed by atoms with E-state index in [-0.39, 0.29) is 11.3 Å². The number of thiophene rings is 1. The van der Waals surface area contributed by atoms with Gasteiger partial charge in [-0.25, -0.2) is 0 Å². The molecule has 4 heterocycles. The highest BCUT2D eigenvalue weighted by molar-refractivity contribution is 7.08. The Balaban J connectivity index is 1.49. The van der Waals surface area contributed by atoms with Gasteiger partial charge in [-0.1, -0.05) is 18.2 Å². The predicted octanol–water partition coefficient (Wildman–Crippen LogP) is 3.55. The van der Waals surface area contributed by atoms with E-state index in [2.05, 4.69) is 28.5 Å². The number of carbonyl (C=O) groups excluding carboxylic acids is 1. The van der Waals surface area contributed by atoms with Crippen LogP contribution in [-0.2, 0) is 14.9 Å². The van der Waals surface area contributed by atoms with Gasteiger partial charge in [0.25, 0.3) is 0 Å². The zero-order valence-corrected chi connectivity index (χ0v) is 15.0. The first-order chi connectivity index (χ1) is 12.3. The van der Waals surface area contributed by atoms with E-state index in [1.54, 1.807) is 11.3 Å². The van der Waals surface area contributed by atoms with Gasteiger partial charge in [0.2, 0.25) is 5.91 Å². The van der Waals surface area contributed by atoms with E-state index in [4.69, 9.17) is 4.74 Å². The highest BCUT2D eigenvalue weighted by atomic mass is 32.1. The van der Waals surface area contributed by atoms with Crippen LogP contribution in [0.25, 0.3) is 0 Å². The van der Waals surface area contributed by atoms with Crippen LogP contribution in [0.5, 0.6) is 0 Å². The van der Waals surface area contributed by atoms with Gasteiger partial charge in [0.05, 0.1) is 23.4 Å². The zero-order valence-electron chi connectivity index (χ0n) is 14.2. The summed E-state index contributed by atoms with van der Waals surface area (Å²) in [5.41, 5.74) is 2.94. The van der Waals surface area contributed by atoms with Crippen LogP contribution in [0.3, 0.4) is 0 Å². The van der Waals surface area contributed by atoms with Crippen molar-refractivity contribution in [3.63, 3.8) is 0 Å². The molecule has 0 saturated carbocycles. The van der Waals surface area contributed by atoms with Crippen LogP contribution in [0.1, 0.15) is 24.8 Å². The number of para-hydroxylation sites is 1. The van der Waals surface area contributed by atoms with Crippen molar-refractivity contribution in [2.45, 2.75) is 30.7 Å². The van der Waals surface area contributed by atoms with Crippen LogP contribution in [-0.4, -0.2) is 43.2 Å². The molecule has 1 spiro atoms. The van der Waals surface area contributed by atoms with Crippen LogP contribution in [0.4, 0.5) is 11.4 Å². The first-order valence-electron chi connectivity index (χ1n) is 9.08. The smallest absolute Gasteiger partial charge is 0.242 e. The van der Waals surface area contributed by atoms with Crippen molar-refractivity contribution in [1.29, 1.82) is 0 Å². The highest BCUT2D eigenvalue weighted by Crippen LogP contribution is 2.51. The molecule has 5 rings (SSSR count). The third kappa shape index (κ3) is 2.30. The van der Waals surface area contributed by atoms with Crippen molar-refractivity contribution in [3.8, 4) is 0 Å². The van der Waals surface area contributed by atoms with Crippen molar-refractivity contribution in [2.75, 3.05) is 31.2 Å². The fourth-order valence-corrected chi connectivity index (χ4v) is 5.34.